The summed E-state index contributed by atoms with van der Waals surface area (Å²) >= 11 is 3.24. The lowest BCUT2D eigenvalue weighted by Gasteiger charge is -2.14. The van der Waals surface area contributed by atoms with Crippen LogP contribution in [-0.4, -0.2) is 17.2 Å². The summed E-state index contributed by atoms with van der Waals surface area (Å²) in [5.41, 5.74) is 0.443. The highest BCUT2D eigenvalue weighted by Gasteiger charge is 2.20. The van der Waals surface area contributed by atoms with Crippen LogP contribution in [0, 0.1) is 5.82 Å². The van der Waals surface area contributed by atoms with E-state index in [0.717, 1.165) is 0 Å². The number of hydrogen-bond acceptors (Lipinski definition) is 3. The van der Waals surface area contributed by atoms with Crippen molar-refractivity contribution in [1.82, 2.24) is 4.98 Å². The summed E-state index contributed by atoms with van der Waals surface area (Å²) in [6.07, 6.45) is 0.357. The van der Waals surface area contributed by atoms with E-state index in [2.05, 4.69) is 20.9 Å². The van der Waals surface area contributed by atoms with E-state index in [1.165, 1.54) is 25.4 Å². The molecule has 1 atom stereocenters. The molecular weight excluding hydrogens is 301 g/mol. The van der Waals surface area contributed by atoms with Gasteiger partial charge >= 0.3 is 0 Å². The van der Waals surface area contributed by atoms with Crippen molar-refractivity contribution in [3.63, 3.8) is 0 Å². The first kappa shape index (κ1) is 13.0. The van der Waals surface area contributed by atoms with Crippen LogP contribution in [0.1, 0.15) is 17.4 Å². The third-order valence-electron chi connectivity index (χ3n) is 2.53. The van der Waals surface area contributed by atoms with Gasteiger partial charge in [0.05, 0.1) is 7.11 Å². The number of pyridine rings is 1. The minimum atomic E-state index is -1.17. The van der Waals surface area contributed by atoms with E-state index in [1.54, 1.807) is 18.2 Å². The molecule has 18 heavy (non-hydrogen) atoms. The predicted molar refractivity (Wildman–Crippen MR) is 69.0 cm³/mol. The molecule has 0 saturated carbocycles. The SMILES string of the molecule is COc1cccnc1C(O)c1cc(Br)ccc1F. The average molecular weight is 312 g/mol. The van der Waals surface area contributed by atoms with Gasteiger partial charge in [0.1, 0.15) is 23.4 Å². The molecule has 0 bridgehead atoms. The van der Waals surface area contributed by atoms with Gasteiger partial charge in [0, 0.05) is 16.2 Å². The van der Waals surface area contributed by atoms with Gasteiger partial charge in [0.15, 0.2) is 0 Å². The van der Waals surface area contributed by atoms with Crippen molar-refractivity contribution >= 4 is 15.9 Å². The van der Waals surface area contributed by atoms with Crippen LogP contribution in [0.25, 0.3) is 0 Å². The van der Waals surface area contributed by atoms with Crippen LogP contribution in [0.4, 0.5) is 4.39 Å². The minimum Gasteiger partial charge on any atom is -0.495 e. The van der Waals surface area contributed by atoms with E-state index in [-0.39, 0.29) is 11.3 Å². The Balaban J connectivity index is 2.47. The molecule has 0 saturated heterocycles. The summed E-state index contributed by atoms with van der Waals surface area (Å²) in [5, 5.41) is 10.2. The molecule has 2 aromatic rings. The number of halogens is 2. The number of nitrogens with zero attached hydrogens (tertiary/aromatic N) is 1. The Labute approximate surface area is 112 Å². The normalized spacial score (nSPS) is 12.2. The van der Waals surface area contributed by atoms with Crippen LogP contribution in [0.5, 0.6) is 5.75 Å². The van der Waals surface area contributed by atoms with Gasteiger partial charge in [0.2, 0.25) is 0 Å². The predicted octanol–water partition coefficient (Wildman–Crippen LogP) is 3.07. The van der Waals surface area contributed by atoms with E-state index < -0.39 is 11.9 Å². The Morgan fingerprint density at radius 1 is 1.39 bits per heavy atom. The quantitative estimate of drug-likeness (QED) is 0.947. The number of methoxy groups -OCH3 is 1. The molecule has 1 aromatic carbocycles. The maximum absolute atomic E-state index is 13.7. The average Bonchev–Trinajstić information content (AvgIpc) is 2.40. The number of aliphatic hydroxyl groups is 1. The highest BCUT2D eigenvalue weighted by atomic mass is 79.9. The van der Waals surface area contributed by atoms with E-state index in [0.29, 0.717) is 10.2 Å². The fourth-order valence-electron chi connectivity index (χ4n) is 1.65. The molecule has 0 aliphatic rings. The Hall–Kier alpha value is -1.46. The number of benzene rings is 1. The third-order valence-corrected chi connectivity index (χ3v) is 3.02. The first-order chi connectivity index (χ1) is 8.63. The summed E-state index contributed by atoms with van der Waals surface area (Å²) in [7, 11) is 1.48. The Morgan fingerprint density at radius 2 is 2.17 bits per heavy atom. The number of rotatable bonds is 3. The molecule has 1 heterocycles. The highest BCUT2D eigenvalue weighted by molar-refractivity contribution is 9.10. The largest absolute Gasteiger partial charge is 0.495 e. The van der Waals surface area contributed by atoms with Crippen LogP contribution in [-0.2, 0) is 0 Å². The Bertz CT molecular complexity index is 562. The maximum Gasteiger partial charge on any atom is 0.143 e. The van der Waals surface area contributed by atoms with Crippen molar-refractivity contribution in [3.8, 4) is 5.75 Å². The fourth-order valence-corrected chi connectivity index (χ4v) is 2.03. The molecule has 1 aromatic heterocycles. The van der Waals surface area contributed by atoms with Gasteiger partial charge in [0.25, 0.3) is 0 Å². The number of aromatic nitrogens is 1. The molecule has 2 rings (SSSR count). The van der Waals surface area contributed by atoms with Crippen molar-refractivity contribution in [2.75, 3.05) is 7.11 Å². The molecule has 0 spiro atoms. The zero-order chi connectivity index (χ0) is 13.1. The molecule has 0 fully saturated rings. The molecule has 1 N–H and O–H groups in total. The molecule has 0 amide bonds. The molecule has 5 heteroatoms. The topological polar surface area (TPSA) is 42.4 Å². The smallest absolute Gasteiger partial charge is 0.143 e. The van der Waals surface area contributed by atoms with Crippen molar-refractivity contribution < 1.29 is 14.2 Å². The fraction of sp³-hybridized carbons (Fsp3) is 0.154. The summed E-state index contributed by atoms with van der Waals surface area (Å²) in [6.45, 7) is 0. The lowest BCUT2D eigenvalue weighted by molar-refractivity contribution is 0.204. The van der Waals surface area contributed by atoms with Gasteiger partial charge in [-0.2, -0.15) is 0 Å². The second-order valence-corrected chi connectivity index (χ2v) is 4.57. The van der Waals surface area contributed by atoms with Gasteiger partial charge < -0.3 is 9.84 Å². The lowest BCUT2D eigenvalue weighted by Crippen LogP contribution is -2.06. The van der Waals surface area contributed by atoms with E-state index in [4.69, 9.17) is 4.74 Å². The van der Waals surface area contributed by atoms with Crippen LogP contribution in [0.15, 0.2) is 41.0 Å². The zero-order valence-electron chi connectivity index (χ0n) is 9.60. The molecule has 0 aliphatic carbocycles. The van der Waals surface area contributed by atoms with Crippen molar-refractivity contribution in [1.29, 1.82) is 0 Å². The lowest BCUT2D eigenvalue weighted by atomic mass is 10.0. The third kappa shape index (κ3) is 2.52. The standard InChI is InChI=1S/C13H11BrFNO2/c1-18-11-3-2-6-16-12(11)13(17)9-7-8(14)4-5-10(9)15/h2-7,13,17H,1H3. The second kappa shape index (κ2) is 5.46. The molecule has 3 nitrogen and oxygen atoms in total. The van der Waals surface area contributed by atoms with Gasteiger partial charge in [-0.1, -0.05) is 15.9 Å². The van der Waals surface area contributed by atoms with E-state index in [9.17, 15) is 9.50 Å². The van der Waals surface area contributed by atoms with Crippen LogP contribution < -0.4 is 4.74 Å². The van der Waals surface area contributed by atoms with E-state index in [1.807, 2.05) is 0 Å². The summed E-state index contributed by atoms with van der Waals surface area (Å²) in [4.78, 5) is 4.04. The molecule has 94 valence electrons. The van der Waals surface area contributed by atoms with Crippen molar-refractivity contribution in [2.45, 2.75) is 6.10 Å². The summed E-state index contributed by atoms with van der Waals surface area (Å²) in [5.74, 6) is -0.0669. The zero-order valence-corrected chi connectivity index (χ0v) is 11.2. The summed E-state index contributed by atoms with van der Waals surface area (Å²) < 4.78 is 19.5. The van der Waals surface area contributed by atoms with Crippen LogP contribution >= 0.6 is 15.9 Å². The monoisotopic (exact) mass is 311 g/mol. The van der Waals surface area contributed by atoms with Crippen LogP contribution in [0.2, 0.25) is 0 Å². The molecule has 1 unspecified atom stereocenters. The van der Waals surface area contributed by atoms with Crippen molar-refractivity contribution in [3.05, 3.63) is 58.1 Å². The van der Waals surface area contributed by atoms with Gasteiger partial charge in [-0.15, -0.1) is 0 Å². The first-order valence-electron chi connectivity index (χ1n) is 5.25. The van der Waals surface area contributed by atoms with E-state index >= 15 is 0 Å². The molecular formula is C13H11BrFNO2. The van der Waals surface area contributed by atoms with Crippen molar-refractivity contribution in [2.24, 2.45) is 0 Å². The Morgan fingerprint density at radius 3 is 2.89 bits per heavy atom. The maximum atomic E-state index is 13.7. The Kier molecular flexibility index (Phi) is 3.93. The first-order valence-corrected chi connectivity index (χ1v) is 6.04. The number of hydrogen-bond donors (Lipinski definition) is 1. The number of aliphatic hydroxyl groups excluding tert-OH is 1. The van der Waals surface area contributed by atoms with Gasteiger partial charge in [-0.25, -0.2) is 4.39 Å². The van der Waals surface area contributed by atoms with Gasteiger partial charge in [-0.3, -0.25) is 4.98 Å². The molecule has 0 aliphatic heterocycles. The van der Waals surface area contributed by atoms with Gasteiger partial charge in [-0.05, 0) is 30.3 Å². The molecule has 0 radical (unpaired) electrons. The second-order valence-electron chi connectivity index (χ2n) is 3.66. The number of ether oxygens (including phenoxy) is 1. The highest BCUT2D eigenvalue weighted by Crippen LogP contribution is 2.30. The van der Waals surface area contributed by atoms with Crippen LogP contribution in [0.3, 0.4) is 0 Å². The minimum absolute atomic E-state index is 0.154. The summed E-state index contributed by atoms with van der Waals surface area (Å²) in [6, 6.07) is 7.74.